The zero-order chi connectivity index (χ0) is 21.7. The van der Waals surface area contributed by atoms with E-state index in [1.165, 1.54) is 5.56 Å². The fourth-order valence-corrected chi connectivity index (χ4v) is 4.20. The Kier molecular flexibility index (Phi) is 7.38. The van der Waals surface area contributed by atoms with Gasteiger partial charge in [0.1, 0.15) is 0 Å². The van der Waals surface area contributed by atoms with Crippen LogP contribution in [0.1, 0.15) is 49.7 Å². The summed E-state index contributed by atoms with van der Waals surface area (Å²) in [5.41, 5.74) is 3.24. The van der Waals surface area contributed by atoms with Gasteiger partial charge in [0, 0.05) is 44.6 Å². The van der Waals surface area contributed by atoms with E-state index in [2.05, 4.69) is 11.5 Å². The number of nitrogens with zero attached hydrogens (tertiary/aromatic N) is 2. The summed E-state index contributed by atoms with van der Waals surface area (Å²) >= 11 is 0. The molecule has 0 aromatic heterocycles. The van der Waals surface area contributed by atoms with Crippen LogP contribution in [0.3, 0.4) is 0 Å². The van der Waals surface area contributed by atoms with Gasteiger partial charge in [-0.1, -0.05) is 42.5 Å². The van der Waals surface area contributed by atoms with Crippen LogP contribution < -0.4 is 0 Å². The van der Waals surface area contributed by atoms with Crippen LogP contribution >= 0.6 is 0 Å². The summed E-state index contributed by atoms with van der Waals surface area (Å²) < 4.78 is 0. The van der Waals surface area contributed by atoms with Gasteiger partial charge < -0.3 is 4.90 Å². The maximum atomic E-state index is 12.6. The van der Waals surface area contributed by atoms with Crippen molar-refractivity contribution in [2.24, 2.45) is 0 Å². The van der Waals surface area contributed by atoms with Crippen molar-refractivity contribution >= 4 is 17.5 Å². The topological polar surface area (TPSA) is 57.7 Å². The summed E-state index contributed by atoms with van der Waals surface area (Å²) in [6, 6.07) is 8.12. The number of carbonyl (C=O) groups is 3. The molecule has 1 aliphatic heterocycles. The number of carbonyl (C=O) groups excluding carboxylic acids is 3. The number of ketones is 2. The lowest BCUT2D eigenvalue weighted by atomic mass is 9.79. The molecule has 0 radical (unpaired) electrons. The standard InChI is InChI=1S/C25H32N2O3/c1-18(2)25(30)27-14-12-26(13-15-27)11-5-4-6-22-23(28)16-21(17-24(22)29)20-9-7-19(3)8-10-20/h6-10,21H,1,4-5,11-17H2,2-3H3. The number of piperazine rings is 1. The van der Waals surface area contributed by atoms with Gasteiger partial charge in [-0.05, 0) is 44.7 Å². The molecule has 2 fully saturated rings. The second-order valence-corrected chi connectivity index (χ2v) is 8.54. The van der Waals surface area contributed by atoms with Crippen LogP contribution in [0.25, 0.3) is 0 Å². The van der Waals surface area contributed by atoms with Crippen LogP contribution in [0.15, 0.2) is 48.1 Å². The first-order valence-corrected chi connectivity index (χ1v) is 10.9. The van der Waals surface area contributed by atoms with E-state index in [-0.39, 0.29) is 23.4 Å². The first kappa shape index (κ1) is 22.2. The molecule has 2 aliphatic rings. The van der Waals surface area contributed by atoms with E-state index < -0.39 is 0 Å². The summed E-state index contributed by atoms with van der Waals surface area (Å²) in [7, 11) is 0. The molecule has 1 heterocycles. The van der Waals surface area contributed by atoms with Crippen molar-refractivity contribution in [3.05, 3.63) is 59.2 Å². The predicted octanol–water partition coefficient (Wildman–Crippen LogP) is 3.44. The smallest absolute Gasteiger partial charge is 0.248 e. The van der Waals surface area contributed by atoms with Crippen LogP contribution in [0.4, 0.5) is 0 Å². The largest absolute Gasteiger partial charge is 0.336 e. The summed E-state index contributed by atoms with van der Waals surface area (Å²) in [5, 5.41) is 0. The zero-order valence-corrected chi connectivity index (χ0v) is 18.2. The van der Waals surface area contributed by atoms with Crippen molar-refractivity contribution in [1.82, 2.24) is 9.80 Å². The van der Waals surface area contributed by atoms with Gasteiger partial charge in [0.15, 0.2) is 11.6 Å². The number of benzene rings is 1. The first-order chi connectivity index (χ1) is 14.3. The minimum atomic E-state index is -0.0243. The van der Waals surface area contributed by atoms with Crippen molar-refractivity contribution in [2.75, 3.05) is 32.7 Å². The van der Waals surface area contributed by atoms with Crippen molar-refractivity contribution in [3.63, 3.8) is 0 Å². The lowest BCUT2D eigenvalue weighted by Gasteiger charge is -2.34. The molecule has 5 heteroatoms. The minimum absolute atomic E-state index is 0.000888. The minimum Gasteiger partial charge on any atom is -0.336 e. The highest BCUT2D eigenvalue weighted by Gasteiger charge is 2.31. The van der Waals surface area contributed by atoms with Crippen molar-refractivity contribution < 1.29 is 14.4 Å². The SMILES string of the molecule is C=C(C)C(=O)N1CCN(CCCC=C2C(=O)CC(c3ccc(C)cc3)CC2=O)CC1. The van der Waals surface area contributed by atoms with Gasteiger partial charge in [0.05, 0.1) is 5.57 Å². The van der Waals surface area contributed by atoms with Crippen LogP contribution in [0, 0.1) is 6.92 Å². The highest BCUT2D eigenvalue weighted by Crippen LogP contribution is 2.31. The van der Waals surface area contributed by atoms with E-state index in [4.69, 9.17) is 0 Å². The third kappa shape index (κ3) is 5.54. The average Bonchev–Trinajstić information content (AvgIpc) is 2.73. The quantitative estimate of drug-likeness (QED) is 0.411. The maximum absolute atomic E-state index is 12.6. The van der Waals surface area contributed by atoms with Crippen LogP contribution in [0.5, 0.6) is 0 Å². The lowest BCUT2D eigenvalue weighted by Crippen LogP contribution is -2.49. The Morgan fingerprint density at radius 2 is 1.67 bits per heavy atom. The molecule has 1 amide bonds. The second kappa shape index (κ2) is 9.98. The Morgan fingerprint density at radius 1 is 1.07 bits per heavy atom. The molecule has 1 aromatic rings. The van der Waals surface area contributed by atoms with Crippen molar-refractivity contribution in [1.29, 1.82) is 0 Å². The van der Waals surface area contributed by atoms with Gasteiger partial charge in [-0.2, -0.15) is 0 Å². The molecule has 30 heavy (non-hydrogen) atoms. The number of rotatable bonds is 6. The van der Waals surface area contributed by atoms with Crippen molar-refractivity contribution in [3.8, 4) is 0 Å². The monoisotopic (exact) mass is 408 g/mol. The Morgan fingerprint density at radius 3 is 2.23 bits per heavy atom. The molecule has 0 bridgehead atoms. The third-order valence-corrected chi connectivity index (χ3v) is 6.06. The summed E-state index contributed by atoms with van der Waals surface area (Å²) in [4.78, 5) is 41.3. The number of hydrogen-bond acceptors (Lipinski definition) is 4. The van der Waals surface area contributed by atoms with Crippen LogP contribution in [0.2, 0.25) is 0 Å². The van der Waals surface area contributed by atoms with Gasteiger partial charge in [-0.3, -0.25) is 19.3 Å². The first-order valence-electron chi connectivity index (χ1n) is 10.9. The number of aryl methyl sites for hydroxylation is 1. The normalized spacial score (nSPS) is 20.4. The van der Waals surface area contributed by atoms with Gasteiger partial charge in [0.2, 0.25) is 5.91 Å². The summed E-state index contributed by atoms with van der Waals surface area (Å²) in [6.45, 7) is 11.6. The molecule has 0 atom stereocenters. The highest BCUT2D eigenvalue weighted by molar-refractivity contribution is 6.22. The molecular formula is C25H32N2O3. The fourth-order valence-electron chi connectivity index (χ4n) is 4.20. The van der Waals surface area contributed by atoms with E-state index >= 15 is 0 Å². The molecule has 0 unspecified atom stereocenters. The maximum Gasteiger partial charge on any atom is 0.248 e. The molecule has 1 aliphatic carbocycles. The number of unbranched alkanes of at least 4 members (excludes halogenated alkanes) is 1. The number of hydrogen-bond donors (Lipinski definition) is 0. The number of allylic oxidation sites excluding steroid dienone is 2. The molecular weight excluding hydrogens is 376 g/mol. The molecule has 0 N–H and O–H groups in total. The molecule has 160 valence electrons. The molecule has 1 saturated heterocycles. The summed E-state index contributed by atoms with van der Waals surface area (Å²) in [6.07, 6.45) is 4.31. The third-order valence-electron chi connectivity index (χ3n) is 6.06. The van der Waals surface area contributed by atoms with Gasteiger partial charge in [-0.15, -0.1) is 0 Å². The van der Waals surface area contributed by atoms with Gasteiger partial charge in [0.25, 0.3) is 0 Å². The van der Waals surface area contributed by atoms with E-state index in [1.807, 2.05) is 42.2 Å². The van der Waals surface area contributed by atoms with E-state index in [9.17, 15) is 14.4 Å². The van der Waals surface area contributed by atoms with E-state index in [0.29, 0.717) is 24.0 Å². The molecule has 3 rings (SSSR count). The second-order valence-electron chi connectivity index (χ2n) is 8.54. The average molecular weight is 409 g/mol. The van der Waals surface area contributed by atoms with Crippen LogP contribution in [-0.4, -0.2) is 60.0 Å². The molecule has 5 nitrogen and oxygen atoms in total. The highest BCUT2D eigenvalue weighted by atomic mass is 16.2. The Labute approximate surface area is 179 Å². The molecule has 1 aromatic carbocycles. The van der Waals surface area contributed by atoms with E-state index in [0.717, 1.165) is 51.1 Å². The Hall–Kier alpha value is -2.53. The van der Waals surface area contributed by atoms with E-state index in [1.54, 1.807) is 6.92 Å². The lowest BCUT2D eigenvalue weighted by molar-refractivity contribution is -0.129. The predicted molar refractivity (Wildman–Crippen MR) is 118 cm³/mol. The number of Topliss-reactive ketones (excluding diaryl/α,β-unsaturated/α-hetero) is 2. The summed E-state index contributed by atoms with van der Waals surface area (Å²) in [5.74, 6) is -0.00824. The zero-order valence-electron chi connectivity index (χ0n) is 18.2. The molecule has 0 spiro atoms. The fraction of sp³-hybridized carbons (Fsp3) is 0.480. The van der Waals surface area contributed by atoms with Crippen LogP contribution in [-0.2, 0) is 14.4 Å². The van der Waals surface area contributed by atoms with Gasteiger partial charge in [-0.25, -0.2) is 0 Å². The Balaban J connectivity index is 1.44. The number of amides is 1. The van der Waals surface area contributed by atoms with Crippen molar-refractivity contribution in [2.45, 2.75) is 45.4 Å². The Bertz CT molecular complexity index is 826. The molecule has 1 saturated carbocycles. The van der Waals surface area contributed by atoms with Gasteiger partial charge >= 0.3 is 0 Å².